The van der Waals surface area contributed by atoms with Gasteiger partial charge in [-0.2, -0.15) is 9.78 Å². The Morgan fingerprint density at radius 2 is 1.89 bits per heavy atom. The van der Waals surface area contributed by atoms with Gasteiger partial charge in [0.2, 0.25) is 18.4 Å². The van der Waals surface area contributed by atoms with Crippen LogP contribution < -0.4 is 20.6 Å². The lowest BCUT2D eigenvalue weighted by atomic mass is 10.1. The highest BCUT2D eigenvalue weighted by molar-refractivity contribution is 5.99. The molecule has 1 amide bonds. The summed E-state index contributed by atoms with van der Waals surface area (Å²) in [6, 6.07) is 19.0. The topological polar surface area (TPSA) is 156 Å². The highest BCUT2D eigenvalue weighted by atomic mass is 16.7. The van der Waals surface area contributed by atoms with Gasteiger partial charge >= 0.3 is 0 Å². The number of nitrogens with zero attached hydrogens (tertiary/aromatic N) is 6. The van der Waals surface area contributed by atoms with Gasteiger partial charge in [0.1, 0.15) is 5.69 Å². The van der Waals surface area contributed by atoms with E-state index >= 15 is 0 Å². The number of hydrazone groups is 1. The Balaban J connectivity index is 1.33. The first-order valence-corrected chi connectivity index (χ1v) is 10.4. The minimum absolute atomic E-state index is 0.0121. The minimum Gasteiger partial charge on any atom is -0.454 e. The van der Waals surface area contributed by atoms with Crippen molar-refractivity contribution in [2.45, 2.75) is 0 Å². The van der Waals surface area contributed by atoms with Gasteiger partial charge in [-0.25, -0.2) is 10.1 Å². The van der Waals surface area contributed by atoms with Gasteiger partial charge in [-0.15, -0.1) is 5.10 Å². The quantitative estimate of drug-likeness (QED) is 0.292. The first-order valence-electron chi connectivity index (χ1n) is 10.4. The van der Waals surface area contributed by atoms with Crippen LogP contribution in [0.3, 0.4) is 0 Å². The summed E-state index contributed by atoms with van der Waals surface area (Å²) < 4.78 is 16.8. The number of nitrogen functional groups attached to an aromatic ring is 1. The van der Waals surface area contributed by atoms with Gasteiger partial charge in [-0.3, -0.25) is 4.79 Å². The van der Waals surface area contributed by atoms with Crippen molar-refractivity contribution in [2.75, 3.05) is 12.5 Å². The summed E-state index contributed by atoms with van der Waals surface area (Å²) in [4.78, 5) is 13.1. The molecule has 2 aromatic heterocycles. The van der Waals surface area contributed by atoms with E-state index < -0.39 is 5.91 Å². The third-order valence-electron chi connectivity index (χ3n) is 5.38. The normalized spacial score (nSPS) is 12.5. The molecule has 5 aromatic rings. The lowest BCUT2D eigenvalue weighted by Crippen LogP contribution is -2.19. The van der Waals surface area contributed by atoms with Crippen molar-refractivity contribution in [1.29, 1.82) is 0 Å². The molecule has 0 bridgehead atoms. The molecule has 0 atom stereocenters. The van der Waals surface area contributed by atoms with Gasteiger partial charge in [0, 0.05) is 5.56 Å². The van der Waals surface area contributed by atoms with E-state index in [2.05, 4.69) is 31.2 Å². The number of hydrogen-bond acceptors (Lipinski definition) is 10. The van der Waals surface area contributed by atoms with Crippen molar-refractivity contribution < 1.29 is 18.9 Å². The molecule has 0 saturated heterocycles. The number of hydrogen-bond donors (Lipinski definition) is 2. The summed E-state index contributed by atoms with van der Waals surface area (Å²) in [5.74, 6) is 0.585. The number of aromatic nitrogens is 5. The number of carbonyl (C=O) groups excluding carboxylic acids is 1. The number of benzene rings is 3. The second kappa shape index (κ2) is 8.26. The zero-order valence-corrected chi connectivity index (χ0v) is 18.0. The van der Waals surface area contributed by atoms with Crippen LogP contribution in [0.25, 0.3) is 27.8 Å². The second-order valence-corrected chi connectivity index (χ2v) is 7.55. The predicted molar refractivity (Wildman–Crippen MR) is 124 cm³/mol. The number of nitrogens with one attached hydrogen (secondary N) is 1. The molecule has 35 heavy (non-hydrogen) atoms. The zero-order chi connectivity index (χ0) is 23.8. The van der Waals surface area contributed by atoms with E-state index in [1.807, 2.05) is 42.5 Å². The molecule has 172 valence electrons. The molecule has 0 unspecified atom stereocenters. The molecule has 12 nitrogen and oxygen atoms in total. The average molecular weight is 468 g/mol. The molecule has 1 aliphatic rings. The molecule has 3 aromatic carbocycles. The molecule has 0 spiro atoms. The highest BCUT2D eigenvalue weighted by Gasteiger charge is 2.26. The number of anilines is 1. The molecule has 1 aliphatic heterocycles. The van der Waals surface area contributed by atoms with Crippen molar-refractivity contribution in [3.05, 3.63) is 71.9 Å². The molecular formula is C23H16N8O4. The summed E-state index contributed by atoms with van der Waals surface area (Å²) >= 11 is 0. The molecule has 0 radical (unpaired) electrons. The van der Waals surface area contributed by atoms with Gasteiger partial charge in [0.15, 0.2) is 17.2 Å². The van der Waals surface area contributed by atoms with Crippen LogP contribution in [-0.2, 0) is 0 Å². The van der Waals surface area contributed by atoms with Crippen LogP contribution in [0.5, 0.6) is 11.5 Å². The summed E-state index contributed by atoms with van der Waals surface area (Å²) in [6.07, 6.45) is 1.55. The van der Waals surface area contributed by atoms with E-state index in [-0.39, 0.29) is 24.1 Å². The van der Waals surface area contributed by atoms with Gasteiger partial charge in [0.25, 0.3) is 5.91 Å². The van der Waals surface area contributed by atoms with Crippen LogP contribution in [-0.4, -0.2) is 44.2 Å². The molecule has 0 fully saturated rings. The lowest BCUT2D eigenvalue weighted by Gasteiger charge is -2.07. The van der Waals surface area contributed by atoms with Crippen LogP contribution in [0.1, 0.15) is 16.1 Å². The van der Waals surface area contributed by atoms with E-state index in [9.17, 15) is 4.79 Å². The van der Waals surface area contributed by atoms with E-state index in [0.717, 1.165) is 16.3 Å². The van der Waals surface area contributed by atoms with E-state index in [0.29, 0.717) is 22.8 Å². The summed E-state index contributed by atoms with van der Waals surface area (Å²) in [5, 5.41) is 21.7. The average Bonchev–Trinajstić information content (AvgIpc) is 3.62. The molecule has 0 aliphatic carbocycles. The fraction of sp³-hybridized carbons (Fsp3) is 0.0435. The Hall–Kier alpha value is -5.26. The van der Waals surface area contributed by atoms with Crippen molar-refractivity contribution >= 4 is 28.7 Å². The number of nitrogens with two attached hydrogens (primary N) is 1. The highest BCUT2D eigenvalue weighted by Crippen LogP contribution is 2.37. The molecule has 3 heterocycles. The van der Waals surface area contributed by atoms with Crippen LogP contribution in [0.4, 0.5) is 5.82 Å². The lowest BCUT2D eigenvalue weighted by molar-refractivity contribution is 0.0950. The van der Waals surface area contributed by atoms with Gasteiger partial charge < -0.3 is 15.2 Å². The van der Waals surface area contributed by atoms with Gasteiger partial charge in [0.05, 0.1) is 6.21 Å². The summed E-state index contributed by atoms with van der Waals surface area (Å²) in [5.41, 5.74) is 10.0. The molecule has 3 N–H and O–H groups in total. The Morgan fingerprint density at radius 1 is 1.03 bits per heavy atom. The van der Waals surface area contributed by atoms with Crippen molar-refractivity contribution in [3.63, 3.8) is 0 Å². The Labute approximate surface area is 196 Å². The van der Waals surface area contributed by atoms with E-state index in [1.54, 1.807) is 24.4 Å². The molecule has 0 saturated carbocycles. The number of carbonyl (C=O) groups is 1. The summed E-state index contributed by atoms with van der Waals surface area (Å²) in [7, 11) is 0. The first-order chi connectivity index (χ1) is 17.2. The Kier molecular flexibility index (Phi) is 4.80. The smallest absolute Gasteiger partial charge is 0.294 e. The third-order valence-corrected chi connectivity index (χ3v) is 5.38. The number of rotatable bonds is 5. The van der Waals surface area contributed by atoms with Gasteiger partial charge in [-0.1, -0.05) is 41.6 Å². The Morgan fingerprint density at radius 3 is 2.74 bits per heavy atom. The minimum atomic E-state index is -0.587. The zero-order valence-electron chi connectivity index (χ0n) is 18.0. The van der Waals surface area contributed by atoms with Crippen molar-refractivity contribution in [3.8, 4) is 28.6 Å². The van der Waals surface area contributed by atoms with Gasteiger partial charge in [-0.05, 0) is 50.9 Å². The molecule has 6 rings (SSSR count). The monoisotopic (exact) mass is 468 g/mol. The molecular weight excluding hydrogens is 452 g/mol. The van der Waals surface area contributed by atoms with E-state index in [1.165, 1.54) is 4.68 Å². The third kappa shape index (κ3) is 3.68. The van der Waals surface area contributed by atoms with Crippen LogP contribution in [0.15, 0.2) is 70.4 Å². The second-order valence-electron chi connectivity index (χ2n) is 7.55. The maximum absolute atomic E-state index is 13.1. The predicted octanol–water partition coefficient (Wildman–Crippen LogP) is 2.55. The number of amides is 1. The van der Waals surface area contributed by atoms with Crippen molar-refractivity contribution in [1.82, 2.24) is 30.7 Å². The number of ether oxygens (including phenoxy) is 2. The molecule has 12 heteroatoms. The van der Waals surface area contributed by atoms with E-state index in [4.69, 9.17) is 19.8 Å². The largest absolute Gasteiger partial charge is 0.454 e. The fourth-order valence-electron chi connectivity index (χ4n) is 3.73. The van der Waals surface area contributed by atoms with Crippen LogP contribution >= 0.6 is 0 Å². The maximum Gasteiger partial charge on any atom is 0.294 e. The first kappa shape index (κ1) is 20.4. The summed E-state index contributed by atoms with van der Waals surface area (Å²) in [6.45, 7) is 0.104. The standard InChI is InChI=1S/C23H16N8O4/c24-21-22(29-35-28-21)31-20(16-7-8-17-18(10-16)34-12-33-17)19(26-30-31)23(32)27-25-11-13-5-6-14-3-1-2-4-15(14)9-13/h1-11H,12H2,(H2,24,28)(H,27,32). The van der Waals surface area contributed by atoms with Crippen molar-refractivity contribution in [2.24, 2.45) is 5.10 Å². The van der Waals surface area contributed by atoms with Crippen LogP contribution in [0, 0.1) is 0 Å². The SMILES string of the molecule is Nc1nonc1-n1nnc(C(=O)NN=Cc2ccc3ccccc3c2)c1-c1ccc2c(c1)OCO2. The maximum atomic E-state index is 13.1. The Bertz CT molecular complexity index is 1610. The van der Waals surface area contributed by atoms with Crippen LogP contribution in [0.2, 0.25) is 0 Å². The number of fused-ring (bicyclic) bond motifs is 2. The fourth-order valence-corrected chi connectivity index (χ4v) is 3.73.